The van der Waals surface area contributed by atoms with Crippen molar-refractivity contribution in [3.63, 3.8) is 0 Å². The van der Waals surface area contributed by atoms with Gasteiger partial charge in [-0.1, -0.05) is 84.0 Å². The zero-order chi connectivity index (χ0) is 21.6. The van der Waals surface area contributed by atoms with Gasteiger partial charge in [0.05, 0.1) is 23.2 Å². The molecule has 1 N–H and O–H groups in total. The van der Waals surface area contributed by atoms with Gasteiger partial charge in [0.15, 0.2) is 5.16 Å². The van der Waals surface area contributed by atoms with Crippen LogP contribution in [0.15, 0.2) is 88.8 Å². The Morgan fingerprint density at radius 2 is 1.68 bits per heavy atom. The maximum absolute atomic E-state index is 13.2. The van der Waals surface area contributed by atoms with Gasteiger partial charge in [-0.2, -0.15) is 0 Å². The van der Waals surface area contributed by atoms with E-state index in [1.807, 2.05) is 60.7 Å². The normalized spacial score (nSPS) is 10.9. The lowest BCUT2D eigenvalue weighted by molar-refractivity contribution is -0.118. The fourth-order valence-corrected chi connectivity index (χ4v) is 4.20. The summed E-state index contributed by atoms with van der Waals surface area (Å²) < 4.78 is 1.58. The number of halogens is 1. The Bertz CT molecular complexity index is 1270. The molecule has 4 aromatic rings. The number of benzene rings is 3. The molecular weight excluding hydrogens is 430 g/mol. The SMILES string of the molecule is O=C(CSc1nc2ccccc2c(=O)n1Cc1ccccc1Cl)NCc1ccccc1. The first kappa shape index (κ1) is 21.2. The number of rotatable bonds is 7. The van der Waals surface area contributed by atoms with E-state index in [0.717, 1.165) is 11.1 Å². The first-order valence-electron chi connectivity index (χ1n) is 9.78. The molecule has 0 saturated carbocycles. The molecule has 1 aromatic heterocycles. The maximum Gasteiger partial charge on any atom is 0.262 e. The van der Waals surface area contributed by atoms with Crippen LogP contribution in [0.3, 0.4) is 0 Å². The van der Waals surface area contributed by atoms with Gasteiger partial charge in [-0.15, -0.1) is 0 Å². The number of hydrogen-bond donors (Lipinski definition) is 1. The van der Waals surface area contributed by atoms with E-state index in [9.17, 15) is 9.59 Å². The van der Waals surface area contributed by atoms with E-state index in [-0.39, 0.29) is 23.8 Å². The number of nitrogens with one attached hydrogen (secondary N) is 1. The average molecular weight is 450 g/mol. The molecule has 1 amide bonds. The van der Waals surface area contributed by atoms with E-state index in [0.29, 0.717) is 27.6 Å². The van der Waals surface area contributed by atoms with Gasteiger partial charge in [0, 0.05) is 11.6 Å². The van der Waals surface area contributed by atoms with Crippen LogP contribution in [0, 0.1) is 0 Å². The minimum absolute atomic E-state index is 0.124. The van der Waals surface area contributed by atoms with Crippen molar-refractivity contribution in [1.29, 1.82) is 0 Å². The predicted molar refractivity (Wildman–Crippen MR) is 126 cm³/mol. The first-order valence-corrected chi connectivity index (χ1v) is 11.1. The second-order valence-corrected chi connectivity index (χ2v) is 8.29. The summed E-state index contributed by atoms with van der Waals surface area (Å²) in [6.45, 7) is 0.738. The number of para-hydroxylation sites is 1. The highest BCUT2D eigenvalue weighted by Crippen LogP contribution is 2.21. The Hall–Kier alpha value is -3.09. The predicted octanol–water partition coefficient (Wildman–Crippen LogP) is 4.51. The number of carbonyl (C=O) groups is 1. The molecular formula is C24H20ClN3O2S. The number of hydrogen-bond acceptors (Lipinski definition) is 4. The topological polar surface area (TPSA) is 64.0 Å². The van der Waals surface area contributed by atoms with E-state index in [1.54, 1.807) is 22.8 Å². The minimum atomic E-state index is -0.155. The average Bonchev–Trinajstić information content (AvgIpc) is 2.80. The van der Waals surface area contributed by atoms with Crippen molar-refractivity contribution in [1.82, 2.24) is 14.9 Å². The van der Waals surface area contributed by atoms with Gasteiger partial charge in [0.1, 0.15) is 0 Å². The summed E-state index contributed by atoms with van der Waals surface area (Å²) in [6, 6.07) is 24.3. The highest BCUT2D eigenvalue weighted by atomic mass is 35.5. The van der Waals surface area contributed by atoms with Crippen molar-refractivity contribution in [3.8, 4) is 0 Å². The number of nitrogens with zero attached hydrogens (tertiary/aromatic N) is 2. The highest BCUT2D eigenvalue weighted by molar-refractivity contribution is 7.99. The Labute approximate surface area is 189 Å². The molecule has 1 heterocycles. The van der Waals surface area contributed by atoms with Crippen molar-refractivity contribution in [2.75, 3.05) is 5.75 Å². The maximum atomic E-state index is 13.2. The summed E-state index contributed by atoms with van der Waals surface area (Å²) in [5, 5.41) is 4.51. The van der Waals surface area contributed by atoms with Crippen molar-refractivity contribution in [2.24, 2.45) is 0 Å². The summed E-state index contributed by atoms with van der Waals surface area (Å²) in [4.78, 5) is 30.2. The summed E-state index contributed by atoms with van der Waals surface area (Å²) in [5.74, 6) is 0.0284. The van der Waals surface area contributed by atoms with Crippen LogP contribution in [-0.2, 0) is 17.9 Å². The van der Waals surface area contributed by atoms with Crippen LogP contribution in [0.5, 0.6) is 0 Å². The third-order valence-corrected chi connectivity index (χ3v) is 6.12. The summed E-state index contributed by atoms with van der Waals surface area (Å²) in [5.41, 5.74) is 2.30. The lowest BCUT2D eigenvalue weighted by atomic mass is 10.2. The molecule has 3 aromatic carbocycles. The summed E-state index contributed by atoms with van der Waals surface area (Å²) in [6.07, 6.45) is 0. The Morgan fingerprint density at radius 3 is 2.48 bits per heavy atom. The van der Waals surface area contributed by atoms with Gasteiger partial charge >= 0.3 is 0 Å². The fourth-order valence-electron chi connectivity index (χ4n) is 3.17. The molecule has 0 radical (unpaired) electrons. The minimum Gasteiger partial charge on any atom is -0.351 e. The van der Waals surface area contributed by atoms with Crippen LogP contribution in [0.2, 0.25) is 5.02 Å². The molecule has 31 heavy (non-hydrogen) atoms. The molecule has 0 saturated heterocycles. The molecule has 0 aliphatic rings. The van der Waals surface area contributed by atoms with E-state index < -0.39 is 0 Å². The van der Waals surface area contributed by atoms with Gasteiger partial charge in [0.2, 0.25) is 5.91 Å². The van der Waals surface area contributed by atoms with Gasteiger partial charge in [-0.05, 0) is 29.3 Å². The van der Waals surface area contributed by atoms with Gasteiger partial charge < -0.3 is 5.32 Å². The van der Waals surface area contributed by atoms with Gasteiger partial charge in [-0.3, -0.25) is 14.2 Å². The highest BCUT2D eigenvalue weighted by Gasteiger charge is 2.14. The zero-order valence-electron chi connectivity index (χ0n) is 16.6. The zero-order valence-corrected chi connectivity index (χ0v) is 18.2. The lowest BCUT2D eigenvalue weighted by Gasteiger charge is -2.14. The smallest absolute Gasteiger partial charge is 0.262 e. The molecule has 0 unspecified atom stereocenters. The molecule has 5 nitrogen and oxygen atoms in total. The van der Waals surface area contributed by atoms with Gasteiger partial charge in [-0.25, -0.2) is 4.98 Å². The second kappa shape index (κ2) is 9.81. The van der Waals surface area contributed by atoms with E-state index in [4.69, 9.17) is 11.6 Å². The van der Waals surface area contributed by atoms with E-state index in [1.165, 1.54) is 11.8 Å². The number of thioether (sulfide) groups is 1. The van der Waals surface area contributed by atoms with Crippen LogP contribution < -0.4 is 10.9 Å². The Kier molecular flexibility index (Phi) is 6.70. The molecule has 0 fully saturated rings. The van der Waals surface area contributed by atoms with Crippen molar-refractivity contribution < 1.29 is 4.79 Å². The summed E-state index contributed by atoms with van der Waals surface area (Å²) >= 11 is 7.56. The summed E-state index contributed by atoms with van der Waals surface area (Å²) in [7, 11) is 0. The van der Waals surface area contributed by atoms with Crippen LogP contribution in [0.25, 0.3) is 10.9 Å². The third-order valence-electron chi connectivity index (χ3n) is 4.78. The number of carbonyl (C=O) groups excluding carboxylic acids is 1. The van der Waals surface area contributed by atoms with Crippen molar-refractivity contribution >= 4 is 40.2 Å². The molecule has 156 valence electrons. The molecule has 7 heteroatoms. The molecule has 0 bridgehead atoms. The third kappa shape index (κ3) is 5.16. The number of aromatic nitrogens is 2. The van der Waals surface area contributed by atoms with Gasteiger partial charge in [0.25, 0.3) is 5.56 Å². The van der Waals surface area contributed by atoms with Crippen LogP contribution in [0.1, 0.15) is 11.1 Å². The number of amides is 1. The van der Waals surface area contributed by atoms with E-state index in [2.05, 4.69) is 10.3 Å². The monoisotopic (exact) mass is 449 g/mol. The molecule has 0 atom stereocenters. The fraction of sp³-hybridized carbons (Fsp3) is 0.125. The molecule has 4 rings (SSSR count). The molecule has 0 spiro atoms. The second-order valence-electron chi connectivity index (χ2n) is 6.95. The Balaban J connectivity index is 1.57. The first-order chi connectivity index (χ1) is 15.1. The lowest BCUT2D eigenvalue weighted by Crippen LogP contribution is -2.27. The number of fused-ring (bicyclic) bond motifs is 1. The Morgan fingerprint density at radius 1 is 0.968 bits per heavy atom. The largest absolute Gasteiger partial charge is 0.351 e. The standard InChI is InChI=1S/C24H20ClN3O2S/c25-20-12-6-4-10-18(20)15-28-23(30)19-11-5-7-13-21(19)27-24(28)31-16-22(29)26-14-17-8-2-1-3-9-17/h1-13H,14-16H2,(H,26,29). The quantitative estimate of drug-likeness (QED) is 0.333. The molecule has 0 aliphatic carbocycles. The van der Waals surface area contributed by atoms with E-state index >= 15 is 0 Å². The van der Waals surface area contributed by atoms with Crippen LogP contribution in [-0.4, -0.2) is 21.2 Å². The van der Waals surface area contributed by atoms with Crippen LogP contribution >= 0.6 is 23.4 Å². The van der Waals surface area contributed by atoms with Crippen LogP contribution in [0.4, 0.5) is 0 Å². The molecule has 0 aliphatic heterocycles. The van der Waals surface area contributed by atoms with Crippen molar-refractivity contribution in [2.45, 2.75) is 18.2 Å². The van der Waals surface area contributed by atoms with Crippen molar-refractivity contribution in [3.05, 3.63) is 105 Å².